The van der Waals surface area contributed by atoms with Crippen LogP contribution in [0, 0.1) is 0 Å². The van der Waals surface area contributed by atoms with Crippen molar-refractivity contribution in [1.82, 2.24) is 4.90 Å². The van der Waals surface area contributed by atoms with Gasteiger partial charge in [0.25, 0.3) is 5.91 Å². The Labute approximate surface area is 191 Å². The van der Waals surface area contributed by atoms with E-state index in [2.05, 4.69) is 29.6 Å². The molecule has 0 atom stereocenters. The number of nitrogens with zero attached hydrogens (tertiary/aromatic N) is 1. The molecule has 168 valence electrons. The molecular formula is C26H24N2O5. The Kier molecular flexibility index (Phi) is 6.40. The second-order valence-corrected chi connectivity index (χ2v) is 7.74. The zero-order valence-electron chi connectivity index (χ0n) is 18.2. The standard InChI is InChI=1S/C26H24N2O5/c1-2-28(15-24(29)30)25(31)17-11-13-18(14-12-17)27-26(32)33-16-23-21-9-5-3-7-19(21)20-8-4-6-10-22(20)23/h3-14,23H,2,15-16H2,1H3,(H,27,32)(H,29,30). The van der Waals surface area contributed by atoms with Crippen molar-refractivity contribution in [1.29, 1.82) is 0 Å². The van der Waals surface area contributed by atoms with Crippen LogP contribution in [-0.4, -0.2) is 47.7 Å². The van der Waals surface area contributed by atoms with E-state index in [4.69, 9.17) is 9.84 Å². The molecule has 0 saturated heterocycles. The molecule has 0 spiro atoms. The van der Waals surface area contributed by atoms with Crippen molar-refractivity contribution in [2.75, 3.05) is 25.0 Å². The lowest BCUT2D eigenvalue weighted by Crippen LogP contribution is -2.35. The molecule has 2 N–H and O–H groups in total. The first kappa shape index (κ1) is 22.1. The van der Waals surface area contributed by atoms with Gasteiger partial charge in [-0.2, -0.15) is 0 Å². The van der Waals surface area contributed by atoms with Crippen LogP contribution in [0.25, 0.3) is 11.1 Å². The van der Waals surface area contributed by atoms with Crippen molar-refractivity contribution in [3.63, 3.8) is 0 Å². The number of nitrogens with one attached hydrogen (secondary N) is 1. The van der Waals surface area contributed by atoms with E-state index in [1.807, 2.05) is 24.3 Å². The Morgan fingerprint density at radius 2 is 1.48 bits per heavy atom. The van der Waals surface area contributed by atoms with E-state index in [9.17, 15) is 14.4 Å². The van der Waals surface area contributed by atoms with Crippen molar-refractivity contribution in [3.05, 3.63) is 89.5 Å². The van der Waals surface area contributed by atoms with Gasteiger partial charge in [-0.25, -0.2) is 4.79 Å². The molecule has 4 rings (SSSR count). The van der Waals surface area contributed by atoms with Gasteiger partial charge in [0.2, 0.25) is 0 Å². The van der Waals surface area contributed by atoms with Crippen LogP contribution in [0.5, 0.6) is 0 Å². The topological polar surface area (TPSA) is 95.9 Å². The summed E-state index contributed by atoms with van der Waals surface area (Å²) in [7, 11) is 0. The van der Waals surface area contributed by atoms with Crippen LogP contribution < -0.4 is 5.32 Å². The molecule has 0 heterocycles. The molecule has 33 heavy (non-hydrogen) atoms. The maximum absolute atomic E-state index is 12.4. The molecule has 1 aliphatic rings. The summed E-state index contributed by atoms with van der Waals surface area (Å²) in [5, 5.41) is 11.6. The van der Waals surface area contributed by atoms with Crippen molar-refractivity contribution in [2.24, 2.45) is 0 Å². The molecule has 0 saturated carbocycles. The van der Waals surface area contributed by atoms with Crippen LogP contribution in [-0.2, 0) is 9.53 Å². The molecule has 0 fully saturated rings. The average Bonchev–Trinajstić information content (AvgIpc) is 3.15. The largest absolute Gasteiger partial charge is 0.480 e. The number of amides is 2. The fourth-order valence-electron chi connectivity index (χ4n) is 4.12. The van der Waals surface area contributed by atoms with Gasteiger partial charge in [0.1, 0.15) is 13.2 Å². The van der Waals surface area contributed by atoms with Crippen LogP contribution >= 0.6 is 0 Å². The van der Waals surface area contributed by atoms with Gasteiger partial charge >= 0.3 is 12.1 Å². The number of hydrogen-bond acceptors (Lipinski definition) is 4. The fourth-order valence-corrected chi connectivity index (χ4v) is 4.12. The van der Waals surface area contributed by atoms with Crippen LogP contribution in [0.3, 0.4) is 0 Å². The number of carboxylic acids is 1. The lowest BCUT2D eigenvalue weighted by atomic mass is 9.98. The lowest BCUT2D eigenvalue weighted by Gasteiger charge is -2.18. The molecule has 3 aromatic rings. The van der Waals surface area contributed by atoms with E-state index in [0.29, 0.717) is 11.3 Å². The number of fused-ring (bicyclic) bond motifs is 3. The average molecular weight is 444 g/mol. The number of likely N-dealkylation sites (N-methyl/N-ethyl adjacent to an activating group) is 1. The van der Waals surface area contributed by atoms with E-state index in [0.717, 1.165) is 22.3 Å². The van der Waals surface area contributed by atoms with E-state index < -0.39 is 12.1 Å². The molecule has 0 unspecified atom stereocenters. The minimum Gasteiger partial charge on any atom is -0.480 e. The van der Waals surface area contributed by atoms with Gasteiger partial charge in [0.05, 0.1) is 0 Å². The highest BCUT2D eigenvalue weighted by Crippen LogP contribution is 2.44. The number of carboxylic acid groups (broad SMARTS) is 1. The Morgan fingerprint density at radius 3 is 2.03 bits per heavy atom. The van der Waals surface area contributed by atoms with Crippen LogP contribution in [0.4, 0.5) is 10.5 Å². The third-order valence-electron chi connectivity index (χ3n) is 5.72. The van der Waals surface area contributed by atoms with Gasteiger partial charge in [-0.3, -0.25) is 14.9 Å². The van der Waals surface area contributed by atoms with Gasteiger partial charge in [-0.1, -0.05) is 48.5 Å². The van der Waals surface area contributed by atoms with Gasteiger partial charge in [0.15, 0.2) is 0 Å². The first-order valence-electron chi connectivity index (χ1n) is 10.7. The highest BCUT2D eigenvalue weighted by Gasteiger charge is 2.29. The van der Waals surface area contributed by atoms with Crippen molar-refractivity contribution in [3.8, 4) is 11.1 Å². The highest BCUT2D eigenvalue weighted by atomic mass is 16.5. The Hall–Kier alpha value is -4.13. The lowest BCUT2D eigenvalue weighted by molar-refractivity contribution is -0.137. The summed E-state index contributed by atoms with van der Waals surface area (Å²) in [5.74, 6) is -1.48. The quantitative estimate of drug-likeness (QED) is 0.556. The molecule has 0 bridgehead atoms. The second kappa shape index (κ2) is 9.56. The fraction of sp³-hybridized carbons (Fsp3) is 0.192. The molecule has 0 aromatic heterocycles. The summed E-state index contributed by atoms with van der Waals surface area (Å²) in [6.07, 6.45) is -0.586. The number of aliphatic carboxylic acids is 1. The summed E-state index contributed by atoms with van der Waals surface area (Å²) in [4.78, 5) is 37.0. The van der Waals surface area contributed by atoms with Crippen molar-refractivity contribution in [2.45, 2.75) is 12.8 Å². The van der Waals surface area contributed by atoms with Gasteiger partial charge in [-0.15, -0.1) is 0 Å². The summed E-state index contributed by atoms with van der Waals surface area (Å²) >= 11 is 0. The summed E-state index contributed by atoms with van der Waals surface area (Å²) in [5.41, 5.74) is 5.41. The first-order chi connectivity index (χ1) is 16.0. The smallest absolute Gasteiger partial charge is 0.411 e. The molecule has 7 heteroatoms. The molecule has 2 amide bonds. The number of carbonyl (C=O) groups is 3. The molecule has 7 nitrogen and oxygen atoms in total. The van der Waals surface area contributed by atoms with Crippen molar-refractivity contribution < 1.29 is 24.2 Å². The molecule has 0 radical (unpaired) electrons. The van der Waals surface area contributed by atoms with Gasteiger partial charge in [-0.05, 0) is 53.4 Å². The number of rotatable bonds is 7. The zero-order valence-corrected chi connectivity index (χ0v) is 18.2. The Morgan fingerprint density at radius 1 is 0.909 bits per heavy atom. The first-order valence-corrected chi connectivity index (χ1v) is 10.7. The molecule has 1 aliphatic carbocycles. The summed E-state index contributed by atoms with van der Waals surface area (Å²) < 4.78 is 5.53. The minimum atomic E-state index is -1.07. The maximum Gasteiger partial charge on any atom is 0.411 e. The van der Waals surface area contributed by atoms with Gasteiger partial charge < -0.3 is 14.7 Å². The SMILES string of the molecule is CCN(CC(=O)O)C(=O)c1ccc(NC(=O)OCC2c3ccccc3-c3ccccc32)cc1. The Balaban J connectivity index is 1.38. The zero-order chi connectivity index (χ0) is 23.4. The summed E-state index contributed by atoms with van der Waals surface area (Å²) in [6, 6.07) is 22.5. The highest BCUT2D eigenvalue weighted by molar-refractivity contribution is 5.96. The number of benzene rings is 3. The van der Waals surface area contributed by atoms with Gasteiger partial charge in [0, 0.05) is 23.7 Å². The third-order valence-corrected chi connectivity index (χ3v) is 5.72. The van der Waals surface area contributed by atoms with E-state index in [1.54, 1.807) is 31.2 Å². The van der Waals surface area contributed by atoms with Crippen LogP contribution in [0.2, 0.25) is 0 Å². The summed E-state index contributed by atoms with van der Waals surface area (Å²) in [6.45, 7) is 1.84. The minimum absolute atomic E-state index is 0.0302. The van der Waals surface area contributed by atoms with Crippen LogP contribution in [0.15, 0.2) is 72.8 Å². The number of hydrogen-bond donors (Lipinski definition) is 2. The van der Waals surface area contributed by atoms with E-state index >= 15 is 0 Å². The predicted octanol–water partition coefficient (Wildman–Crippen LogP) is 4.59. The van der Waals surface area contributed by atoms with Crippen molar-refractivity contribution >= 4 is 23.7 Å². The maximum atomic E-state index is 12.4. The normalized spacial score (nSPS) is 11.9. The van der Waals surface area contributed by atoms with Crippen LogP contribution in [0.1, 0.15) is 34.3 Å². The number of carbonyl (C=O) groups excluding carboxylic acids is 2. The molecular weight excluding hydrogens is 420 g/mol. The second-order valence-electron chi connectivity index (χ2n) is 7.74. The number of ether oxygens (including phenoxy) is 1. The van der Waals surface area contributed by atoms with E-state index in [-0.39, 0.29) is 31.5 Å². The predicted molar refractivity (Wildman–Crippen MR) is 124 cm³/mol. The monoisotopic (exact) mass is 444 g/mol. The third kappa shape index (κ3) is 4.72. The number of anilines is 1. The van der Waals surface area contributed by atoms with E-state index in [1.165, 1.54) is 4.90 Å². The molecule has 0 aliphatic heterocycles. The Bertz CT molecular complexity index is 1140. The molecule has 3 aromatic carbocycles.